The first-order chi connectivity index (χ1) is 13.0. The van der Waals surface area contributed by atoms with E-state index in [1.165, 1.54) is 6.42 Å². The highest BCUT2D eigenvalue weighted by molar-refractivity contribution is 9.10. The number of hydrogen-bond acceptors (Lipinski definition) is 3. The summed E-state index contributed by atoms with van der Waals surface area (Å²) < 4.78 is 1.00. The molecule has 1 fully saturated rings. The van der Waals surface area contributed by atoms with Gasteiger partial charge in [0.15, 0.2) is 0 Å². The van der Waals surface area contributed by atoms with Gasteiger partial charge in [0.1, 0.15) is 0 Å². The molecule has 1 saturated heterocycles. The molecule has 27 heavy (non-hydrogen) atoms. The van der Waals surface area contributed by atoms with Gasteiger partial charge in [0, 0.05) is 29.5 Å². The van der Waals surface area contributed by atoms with Gasteiger partial charge in [0.25, 0.3) is 0 Å². The minimum absolute atomic E-state index is 0.0781. The molecule has 0 bridgehead atoms. The van der Waals surface area contributed by atoms with Crippen molar-refractivity contribution < 1.29 is 9.59 Å². The number of nitrogens with two attached hydrogens (primary N) is 1. The van der Waals surface area contributed by atoms with E-state index in [9.17, 15) is 9.59 Å². The molecule has 3 N–H and O–H groups in total. The average molecular weight is 430 g/mol. The van der Waals surface area contributed by atoms with Crippen LogP contribution in [0.1, 0.15) is 41.6 Å². The predicted octanol–water partition coefficient (Wildman–Crippen LogP) is 4.11. The second-order valence-electron chi connectivity index (χ2n) is 6.78. The lowest BCUT2D eigenvalue weighted by molar-refractivity contribution is -0.116. The summed E-state index contributed by atoms with van der Waals surface area (Å²) >= 11 is 3.51. The lowest BCUT2D eigenvalue weighted by Gasteiger charge is -2.30. The molecule has 0 atom stereocenters. The molecule has 2 amide bonds. The Kier molecular flexibility index (Phi) is 6.50. The van der Waals surface area contributed by atoms with Crippen LogP contribution in [0.25, 0.3) is 0 Å². The smallest absolute Gasteiger partial charge is 0.248 e. The molecule has 5 nitrogen and oxygen atoms in total. The monoisotopic (exact) mass is 429 g/mol. The molecule has 0 spiro atoms. The quantitative estimate of drug-likeness (QED) is 0.725. The molecule has 6 heteroatoms. The van der Waals surface area contributed by atoms with Gasteiger partial charge >= 0.3 is 0 Å². The highest BCUT2D eigenvalue weighted by atomic mass is 79.9. The molecule has 2 aromatic carbocycles. The van der Waals surface area contributed by atoms with E-state index in [2.05, 4.69) is 26.1 Å². The van der Waals surface area contributed by atoms with Crippen LogP contribution in [-0.4, -0.2) is 24.9 Å². The van der Waals surface area contributed by atoms with Gasteiger partial charge in [-0.1, -0.05) is 34.1 Å². The maximum atomic E-state index is 12.6. The summed E-state index contributed by atoms with van der Waals surface area (Å²) in [6.45, 7) is 1.91. The van der Waals surface area contributed by atoms with E-state index in [1.807, 2.05) is 30.3 Å². The average Bonchev–Trinajstić information content (AvgIpc) is 2.68. The zero-order valence-corrected chi connectivity index (χ0v) is 16.8. The largest absolute Gasteiger partial charge is 0.370 e. The minimum atomic E-state index is -0.496. The van der Waals surface area contributed by atoms with Crippen molar-refractivity contribution in [3.63, 3.8) is 0 Å². The number of halogens is 1. The Morgan fingerprint density at radius 2 is 1.81 bits per heavy atom. The first-order valence-corrected chi connectivity index (χ1v) is 10.1. The fourth-order valence-corrected chi connectivity index (χ4v) is 3.85. The number of amides is 2. The molecule has 0 saturated carbocycles. The van der Waals surface area contributed by atoms with Gasteiger partial charge in [0.05, 0.1) is 11.4 Å². The molecule has 0 aromatic heterocycles. The summed E-state index contributed by atoms with van der Waals surface area (Å²) in [7, 11) is 0. The Hall–Kier alpha value is -2.34. The third-order valence-electron chi connectivity index (χ3n) is 4.83. The fraction of sp³-hybridized carbons (Fsp3) is 0.333. The van der Waals surface area contributed by atoms with E-state index in [0.717, 1.165) is 41.7 Å². The van der Waals surface area contributed by atoms with Crippen molar-refractivity contribution in [1.82, 2.24) is 0 Å². The van der Waals surface area contributed by atoms with Crippen LogP contribution in [-0.2, 0) is 11.2 Å². The molecular weight excluding hydrogens is 406 g/mol. The molecule has 0 aliphatic carbocycles. The van der Waals surface area contributed by atoms with Crippen LogP contribution in [0.3, 0.4) is 0 Å². The first kappa shape index (κ1) is 19.4. The van der Waals surface area contributed by atoms with Crippen molar-refractivity contribution in [2.24, 2.45) is 5.73 Å². The van der Waals surface area contributed by atoms with Crippen LogP contribution in [0.15, 0.2) is 46.9 Å². The van der Waals surface area contributed by atoms with Gasteiger partial charge in [-0.3, -0.25) is 9.59 Å². The number of aryl methyl sites for hydroxylation is 1. The number of anilines is 2. The normalized spacial score (nSPS) is 14.0. The summed E-state index contributed by atoms with van der Waals surface area (Å²) in [4.78, 5) is 26.4. The molecule has 2 aromatic rings. The lowest BCUT2D eigenvalue weighted by atomic mass is 10.1. The molecule has 1 aliphatic rings. The van der Waals surface area contributed by atoms with Crippen molar-refractivity contribution >= 4 is 39.1 Å². The van der Waals surface area contributed by atoms with Gasteiger partial charge in [-0.25, -0.2) is 0 Å². The zero-order valence-electron chi connectivity index (χ0n) is 15.2. The summed E-state index contributed by atoms with van der Waals surface area (Å²) in [5, 5.41) is 2.99. The molecule has 3 rings (SSSR count). The highest BCUT2D eigenvalue weighted by Gasteiger charge is 2.17. The lowest BCUT2D eigenvalue weighted by Crippen LogP contribution is -2.30. The summed E-state index contributed by atoms with van der Waals surface area (Å²) in [5.41, 5.74) is 8.53. The van der Waals surface area contributed by atoms with Gasteiger partial charge in [-0.05, 0) is 55.5 Å². The summed E-state index contributed by atoms with van der Waals surface area (Å²) in [5.74, 6) is -0.574. The molecule has 0 radical (unpaired) electrons. The first-order valence-electron chi connectivity index (χ1n) is 9.26. The number of piperidine rings is 1. The molecule has 1 aliphatic heterocycles. The van der Waals surface area contributed by atoms with Crippen molar-refractivity contribution in [3.05, 3.63) is 58.1 Å². The zero-order chi connectivity index (χ0) is 19.2. The molecule has 142 valence electrons. The third-order valence-corrected chi connectivity index (χ3v) is 5.60. The Balaban J connectivity index is 1.74. The molecule has 1 heterocycles. The maximum absolute atomic E-state index is 12.6. The topological polar surface area (TPSA) is 75.4 Å². The minimum Gasteiger partial charge on any atom is -0.370 e. The van der Waals surface area contributed by atoms with E-state index < -0.39 is 5.91 Å². The fourth-order valence-electron chi connectivity index (χ4n) is 3.36. The summed E-state index contributed by atoms with van der Waals surface area (Å²) in [6.07, 6.45) is 4.49. The van der Waals surface area contributed by atoms with Crippen LogP contribution < -0.4 is 16.0 Å². The van der Waals surface area contributed by atoms with Crippen LogP contribution in [0.5, 0.6) is 0 Å². The van der Waals surface area contributed by atoms with Crippen LogP contribution >= 0.6 is 15.9 Å². The second-order valence-corrected chi connectivity index (χ2v) is 7.64. The Morgan fingerprint density at radius 3 is 2.52 bits per heavy atom. The predicted molar refractivity (Wildman–Crippen MR) is 112 cm³/mol. The SMILES string of the molecule is NC(=O)c1ccc(N2CCCCC2)c(NC(=O)CCc2ccccc2Br)c1. The van der Waals surface area contributed by atoms with Gasteiger partial charge < -0.3 is 16.0 Å². The number of nitrogens with one attached hydrogen (secondary N) is 1. The summed E-state index contributed by atoms with van der Waals surface area (Å²) in [6, 6.07) is 13.2. The number of hydrogen-bond donors (Lipinski definition) is 2. The standard InChI is InChI=1S/C21H24BrN3O2/c22-17-7-3-2-6-15(17)9-11-20(26)24-18-14-16(21(23)27)8-10-19(18)25-12-4-1-5-13-25/h2-3,6-8,10,14H,1,4-5,9,11-13H2,(H2,23,27)(H,24,26). The van der Waals surface area contributed by atoms with Crippen molar-refractivity contribution in [2.75, 3.05) is 23.3 Å². The molecule has 0 unspecified atom stereocenters. The number of primary amides is 1. The molecular formula is C21H24BrN3O2. The number of rotatable bonds is 6. The Bertz CT molecular complexity index is 832. The van der Waals surface area contributed by atoms with Crippen molar-refractivity contribution in [3.8, 4) is 0 Å². The van der Waals surface area contributed by atoms with Crippen LogP contribution in [0.4, 0.5) is 11.4 Å². The van der Waals surface area contributed by atoms with Gasteiger partial charge in [0.2, 0.25) is 11.8 Å². The maximum Gasteiger partial charge on any atom is 0.248 e. The van der Waals surface area contributed by atoms with Crippen LogP contribution in [0, 0.1) is 0 Å². The van der Waals surface area contributed by atoms with E-state index >= 15 is 0 Å². The second kappa shape index (κ2) is 9.04. The van der Waals surface area contributed by atoms with Gasteiger partial charge in [-0.2, -0.15) is 0 Å². The van der Waals surface area contributed by atoms with E-state index in [1.54, 1.807) is 12.1 Å². The van der Waals surface area contributed by atoms with Crippen LogP contribution in [0.2, 0.25) is 0 Å². The van der Waals surface area contributed by atoms with Crippen molar-refractivity contribution in [1.29, 1.82) is 0 Å². The highest BCUT2D eigenvalue weighted by Crippen LogP contribution is 2.30. The van der Waals surface area contributed by atoms with Gasteiger partial charge in [-0.15, -0.1) is 0 Å². The van der Waals surface area contributed by atoms with E-state index in [-0.39, 0.29) is 5.91 Å². The van der Waals surface area contributed by atoms with Crippen molar-refractivity contribution in [2.45, 2.75) is 32.1 Å². The Morgan fingerprint density at radius 1 is 1.07 bits per heavy atom. The van der Waals surface area contributed by atoms with E-state index in [4.69, 9.17) is 5.73 Å². The number of carbonyl (C=O) groups is 2. The van der Waals surface area contributed by atoms with E-state index in [0.29, 0.717) is 24.1 Å². The number of carbonyl (C=O) groups excluding carboxylic acids is 2. The Labute approximate surface area is 168 Å². The number of nitrogens with zero attached hydrogens (tertiary/aromatic N) is 1. The third kappa shape index (κ3) is 5.10. The number of benzene rings is 2.